The second kappa shape index (κ2) is 4.27. The fourth-order valence-corrected chi connectivity index (χ4v) is 1.51. The predicted octanol–water partition coefficient (Wildman–Crippen LogP) is 2.73. The van der Waals surface area contributed by atoms with Crippen LogP contribution in [0.4, 0.5) is 10.5 Å². The molecule has 1 N–H and O–H groups in total. The Bertz CT molecular complexity index is 467. The number of anilines is 1. The van der Waals surface area contributed by atoms with E-state index < -0.39 is 0 Å². The first-order valence-electron chi connectivity index (χ1n) is 4.31. The number of carbonyl (C=O) groups excluding carboxylic acids is 1. The topological polar surface area (TPSA) is 46.9 Å². The van der Waals surface area contributed by atoms with E-state index in [1.54, 1.807) is 12.4 Å². The SMILES string of the molecule is O=C(Nc1ccccc1Br)n1ccnc1. The summed E-state index contributed by atoms with van der Waals surface area (Å²) in [7, 11) is 0. The van der Waals surface area contributed by atoms with Crippen molar-refractivity contribution in [3.05, 3.63) is 47.5 Å². The third kappa shape index (κ3) is 2.24. The van der Waals surface area contributed by atoms with Crippen LogP contribution in [0.3, 0.4) is 0 Å². The summed E-state index contributed by atoms with van der Waals surface area (Å²) in [6, 6.07) is 7.19. The summed E-state index contributed by atoms with van der Waals surface area (Å²) in [5.74, 6) is 0. The molecule has 1 heterocycles. The summed E-state index contributed by atoms with van der Waals surface area (Å²) in [5.41, 5.74) is 0.733. The minimum Gasteiger partial charge on any atom is -0.306 e. The first-order valence-corrected chi connectivity index (χ1v) is 5.10. The fraction of sp³-hybridized carbons (Fsp3) is 0. The molecule has 0 bridgehead atoms. The van der Waals surface area contributed by atoms with Crippen molar-refractivity contribution >= 4 is 27.6 Å². The average Bonchev–Trinajstić information content (AvgIpc) is 2.74. The number of amides is 1. The van der Waals surface area contributed by atoms with Crippen LogP contribution in [0.25, 0.3) is 0 Å². The molecule has 0 radical (unpaired) electrons. The van der Waals surface area contributed by atoms with Crippen LogP contribution in [0.2, 0.25) is 0 Å². The molecular formula is C10H8BrN3O. The number of carbonyl (C=O) groups is 1. The lowest BCUT2D eigenvalue weighted by molar-refractivity contribution is 0.253. The number of hydrogen-bond donors (Lipinski definition) is 1. The molecule has 4 nitrogen and oxygen atoms in total. The summed E-state index contributed by atoms with van der Waals surface area (Å²) in [6.07, 6.45) is 4.60. The molecule has 0 spiro atoms. The number of nitrogens with zero attached hydrogens (tertiary/aromatic N) is 2. The van der Waals surface area contributed by atoms with Crippen molar-refractivity contribution in [1.29, 1.82) is 0 Å². The highest BCUT2D eigenvalue weighted by Gasteiger charge is 2.05. The number of rotatable bonds is 1. The molecule has 2 aromatic rings. The van der Waals surface area contributed by atoms with Crippen LogP contribution in [0.5, 0.6) is 0 Å². The van der Waals surface area contributed by atoms with E-state index in [0.717, 1.165) is 10.2 Å². The Hall–Kier alpha value is -1.62. The maximum absolute atomic E-state index is 11.6. The van der Waals surface area contributed by atoms with Crippen LogP contribution < -0.4 is 5.32 Å². The number of para-hydroxylation sites is 1. The molecular weight excluding hydrogens is 258 g/mol. The van der Waals surface area contributed by atoms with Gasteiger partial charge < -0.3 is 5.32 Å². The largest absolute Gasteiger partial charge is 0.331 e. The number of benzene rings is 1. The van der Waals surface area contributed by atoms with Crippen molar-refractivity contribution in [1.82, 2.24) is 9.55 Å². The number of halogens is 1. The zero-order valence-corrected chi connectivity index (χ0v) is 9.31. The molecule has 76 valence electrons. The van der Waals surface area contributed by atoms with Crippen LogP contribution in [0, 0.1) is 0 Å². The normalized spacial score (nSPS) is 9.93. The highest BCUT2D eigenvalue weighted by molar-refractivity contribution is 9.10. The van der Waals surface area contributed by atoms with Crippen molar-refractivity contribution in [2.75, 3.05) is 5.32 Å². The van der Waals surface area contributed by atoms with E-state index in [1.165, 1.54) is 10.9 Å². The van der Waals surface area contributed by atoms with Gasteiger partial charge in [0, 0.05) is 16.9 Å². The predicted molar refractivity (Wildman–Crippen MR) is 60.8 cm³/mol. The van der Waals surface area contributed by atoms with Gasteiger partial charge in [-0.2, -0.15) is 0 Å². The standard InChI is InChI=1S/C10H8BrN3O/c11-8-3-1-2-4-9(8)13-10(15)14-6-5-12-7-14/h1-7H,(H,13,15). The van der Waals surface area contributed by atoms with E-state index in [2.05, 4.69) is 26.2 Å². The van der Waals surface area contributed by atoms with Gasteiger partial charge in [-0.3, -0.25) is 4.57 Å². The lowest BCUT2D eigenvalue weighted by Gasteiger charge is -2.06. The molecule has 0 saturated heterocycles. The van der Waals surface area contributed by atoms with Crippen LogP contribution in [0.15, 0.2) is 47.5 Å². The molecule has 0 atom stereocenters. The van der Waals surface area contributed by atoms with Gasteiger partial charge in [0.05, 0.1) is 5.69 Å². The maximum Gasteiger partial charge on any atom is 0.331 e. The second-order valence-electron chi connectivity index (χ2n) is 2.88. The average molecular weight is 266 g/mol. The van der Waals surface area contributed by atoms with Crippen molar-refractivity contribution in [2.24, 2.45) is 0 Å². The smallest absolute Gasteiger partial charge is 0.306 e. The van der Waals surface area contributed by atoms with E-state index >= 15 is 0 Å². The summed E-state index contributed by atoms with van der Waals surface area (Å²) < 4.78 is 2.22. The van der Waals surface area contributed by atoms with Crippen molar-refractivity contribution in [3.63, 3.8) is 0 Å². The third-order valence-electron chi connectivity index (χ3n) is 1.85. The maximum atomic E-state index is 11.6. The first kappa shape index (κ1) is 9.92. The second-order valence-corrected chi connectivity index (χ2v) is 3.73. The fourth-order valence-electron chi connectivity index (χ4n) is 1.12. The highest BCUT2D eigenvalue weighted by Crippen LogP contribution is 2.21. The van der Waals surface area contributed by atoms with E-state index in [0.29, 0.717) is 0 Å². The molecule has 15 heavy (non-hydrogen) atoms. The quantitative estimate of drug-likeness (QED) is 0.862. The molecule has 0 aliphatic rings. The molecule has 1 aromatic heterocycles. The zero-order valence-electron chi connectivity index (χ0n) is 7.72. The van der Waals surface area contributed by atoms with E-state index in [-0.39, 0.29) is 6.03 Å². The Morgan fingerprint density at radius 1 is 1.40 bits per heavy atom. The lowest BCUT2D eigenvalue weighted by atomic mass is 10.3. The van der Waals surface area contributed by atoms with Crippen LogP contribution in [-0.2, 0) is 0 Å². The number of aromatic nitrogens is 2. The Balaban J connectivity index is 2.17. The number of nitrogens with one attached hydrogen (secondary N) is 1. The van der Waals surface area contributed by atoms with Gasteiger partial charge in [-0.1, -0.05) is 12.1 Å². The lowest BCUT2D eigenvalue weighted by Crippen LogP contribution is -2.17. The minimum absolute atomic E-state index is 0.237. The van der Waals surface area contributed by atoms with Gasteiger partial charge in [0.15, 0.2) is 0 Å². The summed E-state index contributed by atoms with van der Waals surface area (Å²) in [5, 5.41) is 2.75. The highest BCUT2D eigenvalue weighted by atomic mass is 79.9. The van der Waals surface area contributed by atoms with E-state index in [9.17, 15) is 4.79 Å². The number of hydrogen-bond acceptors (Lipinski definition) is 2. The Morgan fingerprint density at radius 3 is 2.87 bits per heavy atom. The van der Waals surface area contributed by atoms with Gasteiger partial charge in [0.2, 0.25) is 0 Å². The Kier molecular flexibility index (Phi) is 2.82. The number of imidazole rings is 1. The van der Waals surface area contributed by atoms with Gasteiger partial charge in [-0.25, -0.2) is 9.78 Å². The third-order valence-corrected chi connectivity index (χ3v) is 2.55. The minimum atomic E-state index is -0.237. The van der Waals surface area contributed by atoms with Gasteiger partial charge in [-0.15, -0.1) is 0 Å². The van der Waals surface area contributed by atoms with Gasteiger partial charge in [0.25, 0.3) is 0 Å². The Morgan fingerprint density at radius 2 is 2.20 bits per heavy atom. The molecule has 0 fully saturated rings. The molecule has 1 aromatic carbocycles. The Labute approximate surface area is 95.1 Å². The van der Waals surface area contributed by atoms with Crippen molar-refractivity contribution in [2.45, 2.75) is 0 Å². The summed E-state index contributed by atoms with van der Waals surface area (Å²) >= 11 is 3.35. The molecule has 1 amide bonds. The van der Waals surface area contributed by atoms with Crippen molar-refractivity contribution in [3.8, 4) is 0 Å². The monoisotopic (exact) mass is 265 g/mol. The van der Waals surface area contributed by atoms with Crippen LogP contribution in [-0.4, -0.2) is 15.6 Å². The molecule has 2 rings (SSSR count). The molecule has 0 aliphatic heterocycles. The van der Waals surface area contributed by atoms with Gasteiger partial charge in [-0.05, 0) is 28.1 Å². The zero-order chi connectivity index (χ0) is 10.7. The van der Waals surface area contributed by atoms with Crippen LogP contribution >= 0.6 is 15.9 Å². The van der Waals surface area contributed by atoms with E-state index in [4.69, 9.17) is 0 Å². The van der Waals surface area contributed by atoms with E-state index in [1.807, 2.05) is 24.3 Å². The first-order chi connectivity index (χ1) is 7.27. The van der Waals surface area contributed by atoms with Gasteiger partial charge >= 0.3 is 6.03 Å². The summed E-state index contributed by atoms with van der Waals surface area (Å²) in [6.45, 7) is 0. The van der Waals surface area contributed by atoms with Gasteiger partial charge in [0.1, 0.15) is 6.33 Å². The molecule has 0 saturated carbocycles. The molecule has 0 aliphatic carbocycles. The summed E-state index contributed by atoms with van der Waals surface area (Å²) in [4.78, 5) is 15.4. The molecule has 5 heteroatoms. The van der Waals surface area contributed by atoms with Crippen molar-refractivity contribution < 1.29 is 4.79 Å². The molecule has 0 unspecified atom stereocenters. The van der Waals surface area contributed by atoms with Crippen LogP contribution in [0.1, 0.15) is 0 Å².